The molecule has 1 aromatic carbocycles. The molecule has 0 atom stereocenters. The van der Waals surface area contributed by atoms with Crippen molar-refractivity contribution >= 4 is 31.3 Å². The van der Waals surface area contributed by atoms with Crippen LogP contribution in [0.3, 0.4) is 0 Å². The van der Waals surface area contributed by atoms with Gasteiger partial charge >= 0.3 is 0 Å². The van der Waals surface area contributed by atoms with Gasteiger partial charge in [0.1, 0.15) is 0 Å². The Bertz CT molecular complexity index is 257. The Kier molecular flexibility index (Phi) is 3.76. The van der Waals surface area contributed by atoms with Crippen LogP contribution in [0.1, 0.15) is 16.7 Å². The summed E-state index contributed by atoms with van der Waals surface area (Å²) < 4.78 is 0. The lowest BCUT2D eigenvalue weighted by Gasteiger charge is -2.02. The van der Waals surface area contributed by atoms with Crippen molar-refractivity contribution in [3.8, 4) is 0 Å². The summed E-state index contributed by atoms with van der Waals surface area (Å²) in [6.45, 7) is 3.73. The largest absolute Gasteiger partial charge is 0.175 e. The predicted octanol–water partition coefficient (Wildman–Crippen LogP) is 3.19. The fraction of sp³-hybridized carbons (Fsp3) is 0.200. The van der Waals surface area contributed by atoms with Gasteiger partial charge in [-0.3, -0.25) is 0 Å². The molecule has 12 heavy (non-hydrogen) atoms. The van der Waals surface area contributed by atoms with Crippen molar-refractivity contribution in [2.75, 3.05) is 0 Å². The van der Waals surface area contributed by atoms with Gasteiger partial charge in [-0.15, -0.1) is 0 Å². The summed E-state index contributed by atoms with van der Waals surface area (Å²) in [6, 6.07) is 6.30. The molecular formula is C10H12S2. The Hall–Kier alpha value is -0.340. The molecule has 1 aromatic rings. The number of thiol groups is 2. The Morgan fingerprint density at radius 2 is 1.58 bits per heavy atom. The minimum atomic E-state index is 0.766. The quantitative estimate of drug-likeness (QED) is 0.682. The van der Waals surface area contributed by atoms with E-state index in [1.54, 1.807) is 0 Å². The van der Waals surface area contributed by atoms with Crippen LogP contribution in [-0.4, -0.2) is 0 Å². The molecule has 64 valence electrons. The molecule has 0 radical (unpaired) electrons. The SMILES string of the molecule is C=Cc1cc(CS)cc(CS)c1. The van der Waals surface area contributed by atoms with Gasteiger partial charge in [-0.05, 0) is 16.7 Å². The summed E-state index contributed by atoms with van der Waals surface area (Å²) in [5.41, 5.74) is 3.59. The summed E-state index contributed by atoms with van der Waals surface area (Å²) in [5.74, 6) is 1.53. The third-order valence-corrected chi connectivity index (χ3v) is 2.41. The average Bonchev–Trinajstić information content (AvgIpc) is 2.16. The zero-order valence-corrected chi connectivity index (χ0v) is 8.61. The van der Waals surface area contributed by atoms with E-state index in [1.165, 1.54) is 11.1 Å². The van der Waals surface area contributed by atoms with Crippen LogP contribution in [0, 0.1) is 0 Å². The Balaban J connectivity index is 3.09. The molecule has 0 aliphatic carbocycles. The van der Waals surface area contributed by atoms with E-state index in [4.69, 9.17) is 0 Å². The third kappa shape index (κ3) is 2.32. The van der Waals surface area contributed by atoms with Gasteiger partial charge in [0.15, 0.2) is 0 Å². The lowest BCUT2D eigenvalue weighted by molar-refractivity contribution is 1.33. The number of hydrogen-bond donors (Lipinski definition) is 2. The van der Waals surface area contributed by atoms with Crippen LogP contribution < -0.4 is 0 Å². The van der Waals surface area contributed by atoms with Crippen LogP contribution in [0.15, 0.2) is 24.8 Å². The highest BCUT2D eigenvalue weighted by atomic mass is 32.1. The van der Waals surface area contributed by atoms with E-state index in [-0.39, 0.29) is 0 Å². The molecule has 0 aliphatic rings. The highest BCUT2D eigenvalue weighted by Gasteiger charge is 1.95. The van der Waals surface area contributed by atoms with Gasteiger partial charge in [-0.2, -0.15) is 25.3 Å². The molecule has 0 spiro atoms. The zero-order valence-electron chi connectivity index (χ0n) is 6.83. The van der Waals surface area contributed by atoms with E-state index in [2.05, 4.69) is 50.0 Å². The lowest BCUT2D eigenvalue weighted by Crippen LogP contribution is -1.85. The number of benzene rings is 1. The molecule has 0 saturated heterocycles. The average molecular weight is 196 g/mol. The Morgan fingerprint density at radius 3 is 1.92 bits per heavy atom. The summed E-state index contributed by atoms with van der Waals surface area (Å²) in [7, 11) is 0. The molecule has 2 heteroatoms. The number of hydrogen-bond acceptors (Lipinski definition) is 2. The van der Waals surface area contributed by atoms with Crippen molar-refractivity contribution in [2.45, 2.75) is 11.5 Å². The maximum absolute atomic E-state index is 4.22. The summed E-state index contributed by atoms with van der Waals surface area (Å²) >= 11 is 8.45. The van der Waals surface area contributed by atoms with Crippen LogP contribution in [0.5, 0.6) is 0 Å². The van der Waals surface area contributed by atoms with Crippen molar-refractivity contribution in [1.29, 1.82) is 0 Å². The van der Waals surface area contributed by atoms with Crippen molar-refractivity contribution in [2.24, 2.45) is 0 Å². The van der Waals surface area contributed by atoms with Crippen molar-refractivity contribution in [3.63, 3.8) is 0 Å². The van der Waals surface area contributed by atoms with Gasteiger partial charge in [0.25, 0.3) is 0 Å². The first-order valence-corrected chi connectivity index (χ1v) is 5.03. The van der Waals surface area contributed by atoms with E-state index in [1.807, 2.05) is 6.08 Å². The van der Waals surface area contributed by atoms with Gasteiger partial charge < -0.3 is 0 Å². The van der Waals surface area contributed by atoms with Crippen LogP contribution in [0.2, 0.25) is 0 Å². The summed E-state index contributed by atoms with van der Waals surface area (Å²) in [6.07, 6.45) is 1.85. The first-order valence-electron chi connectivity index (χ1n) is 3.77. The molecule has 0 unspecified atom stereocenters. The van der Waals surface area contributed by atoms with Crippen LogP contribution in [0.25, 0.3) is 6.08 Å². The molecule has 1 rings (SSSR count). The van der Waals surface area contributed by atoms with E-state index in [0.717, 1.165) is 17.1 Å². The fourth-order valence-electron chi connectivity index (χ4n) is 1.09. The fourth-order valence-corrected chi connectivity index (χ4v) is 1.46. The molecule has 0 bridgehead atoms. The minimum absolute atomic E-state index is 0.766. The molecule has 0 aliphatic heterocycles. The molecule has 0 aromatic heterocycles. The van der Waals surface area contributed by atoms with Gasteiger partial charge in [0.05, 0.1) is 0 Å². The summed E-state index contributed by atoms with van der Waals surface area (Å²) in [4.78, 5) is 0. The normalized spacial score (nSPS) is 9.83. The van der Waals surface area contributed by atoms with Crippen LogP contribution in [-0.2, 0) is 11.5 Å². The van der Waals surface area contributed by atoms with E-state index in [0.29, 0.717) is 0 Å². The monoisotopic (exact) mass is 196 g/mol. The molecule has 0 amide bonds. The molecule has 0 N–H and O–H groups in total. The van der Waals surface area contributed by atoms with E-state index >= 15 is 0 Å². The smallest absolute Gasteiger partial charge is 0.0154 e. The van der Waals surface area contributed by atoms with Gasteiger partial charge in [0, 0.05) is 11.5 Å². The second kappa shape index (κ2) is 4.63. The standard InChI is InChI=1S/C10H12S2/c1-2-8-3-9(6-11)5-10(4-8)7-12/h2-5,11-12H,1,6-7H2. The van der Waals surface area contributed by atoms with Crippen LogP contribution in [0.4, 0.5) is 0 Å². The second-order valence-electron chi connectivity index (χ2n) is 2.60. The van der Waals surface area contributed by atoms with Crippen molar-refractivity contribution in [3.05, 3.63) is 41.5 Å². The Labute approximate surface area is 84.5 Å². The first-order chi connectivity index (χ1) is 5.80. The van der Waals surface area contributed by atoms with Gasteiger partial charge in [0.2, 0.25) is 0 Å². The summed E-state index contributed by atoms with van der Waals surface area (Å²) in [5, 5.41) is 0. The molecule has 0 saturated carbocycles. The second-order valence-corrected chi connectivity index (χ2v) is 3.24. The zero-order chi connectivity index (χ0) is 8.97. The molecule has 0 heterocycles. The highest BCUT2D eigenvalue weighted by molar-refractivity contribution is 7.79. The molecular weight excluding hydrogens is 184 g/mol. The topological polar surface area (TPSA) is 0 Å². The van der Waals surface area contributed by atoms with Crippen LogP contribution >= 0.6 is 25.3 Å². The Morgan fingerprint density at radius 1 is 1.08 bits per heavy atom. The van der Waals surface area contributed by atoms with Crippen molar-refractivity contribution in [1.82, 2.24) is 0 Å². The van der Waals surface area contributed by atoms with Gasteiger partial charge in [-0.1, -0.05) is 30.9 Å². The van der Waals surface area contributed by atoms with E-state index in [9.17, 15) is 0 Å². The maximum Gasteiger partial charge on any atom is 0.0154 e. The molecule has 0 nitrogen and oxygen atoms in total. The lowest BCUT2D eigenvalue weighted by atomic mass is 10.1. The van der Waals surface area contributed by atoms with E-state index < -0.39 is 0 Å². The maximum atomic E-state index is 4.22. The third-order valence-electron chi connectivity index (χ3n) is 1.68. The minimum Gasteiger partial charge on any atom is -0.175 e. The van der Waals surface area contributed by atoms with Gasteiger partial charge in [-0.25, -0.2) is 0 Å². The predicted molar refractivity (Wildman–Crippen MR) is 61.9 cm³/mol. The first kappa shape index (κ1) is 9.75. The molecule has 0 fully saturated rings. The highest BCUT2D eigenvalue weighted by Crippen LogP contribution is 2.14. The number of rotatable bonds is 3. The van der Waals surface area contributed by atoms with Crippen molar-refractivity contribution < 1.29 is 0 Å².